The number of hydrogen-bond acceptors (Lipinski definition) is 1. The molecule has 25 heavy (non-hydrogen) atoms. The Labute approximate surface area is 149 Å². The van der Waals surface area contributed by atoms with Crippen molar-refractivity contribution in [3.8, 4) is 0 Å². The van der Waals surface area contributed by atoms with E-state index >= 15 is 0 Å². The van der Waals surface area contributed by atoms with Crippen LogP contribution in [0.4, 0.5) is 0 Å². The molecule has 0 fully saturated rings. The molecule has 128 valence electrons. The largest absolute Gasteiger partial charge is 0.333 e. The number of aromatic nitrogens is 1. The predicted octanol–water partition coefficient (Wildman–Crippen LogP) is 6.14. The van der Waals surface area contributed by atoms with Gasteiger partial charge in [0.2, 0.25) is 0 Å². The highest BCUT2D eigenvalue weighted by atomic mass is 16.1. The predicted molar refractivity (Wildman–Crippen MR) is 108 cm³/mol. The van der Waals surface area contributed by atoms with Crippen molar-refractivity contribution in [3.05, 3.63) is 66.8 Å². The molecule has 1 heterocycles. The van der Waals surface area contributed by atoms with Crippen LogP contribution < -0.4 is 0 Å². The quantitative estimate of drug-likeness (QED) is 0.359. The van der Waals surface area contributed by atoms with Gasteiger partial charge in [0.05, 0.1) is 12.1 Å². The first kappa shape index (κ1) is 17.2. The molecule has 2 heteroatoms. The fraction of sp³-hybridized carbons (Fsp3) is 0.261. The zero-order valence-corrected chi connectivity index (χ0v) is 14.9. The van der Waals surface area contributed by atoms with Crippen molar-refractivity contribution < 1.29 is 4.79 Å². The Morgan fingerprint density at radius 1 is 1.08 bits per heavy atom. The van der Waals surface area contributed by atoms with Crippen molar-refractivity contribution in [2.24, 2.45) is 0 Å². The van der Waals surface area contributed by atoms with E-state index in [1.165, 1.54) is 41.7 Å². The summed E-state index contributed by atoms with van der Waals surface area (Å²) >= 11 is 0. The van der Waals surface area contributed by atoms with Gasteiger partial charge in [0.1, 0.15) is 0 Å². The number of hydrogen-bond donors (Lipinski definition) is 0. The number of fused-ring (bicyclic) bond motifs is 3. The summed E-state index contributed by atoms with van der Waals surface area (Å²) in [7, 11) is 0. The maximum absolute atomic E-state index is 12.0. The molecule has 0 unspecified atom stereocenters. The van der Waals surface area contributed by atoms with Crippen LogP contribution in [0.25, 0.3) is 27.9 Å². The average molecular weight is 331 g/mol. The van der Waals surface area contributed by atoms with Crippen LogP contribution in [0.5, 0.6) is 0 Å². The van der Waals surface area contributed by atoms with E-state index < -0.39 is 0 Å². The highest BCUT2D eigenvalue weighted by Gasteiger charge is 2.11. The van der Waals surface area contributed by atoms with E-state index in [0.717, 1.165) is 17.5 Å². The Bertz CT molecular complexity index is 930. The first-order valence-corrected chi connectivity index (χ1v) is 9.07. The molecule has 2 nitrogen and oxygen atoms in total. The Kier molecular flexibility index (Phi) is 5.49. The van der Waals surface area contributed by atoms with Crippen LogP contribution in [0.3, 0.4) is 0 Å². The number of ketones is 1. The minimum atomic E-state index is 0.0307. The molecule has 0 aliphatic rings. The summed E-state index contributed by atoms with van der Waals surface area (Å²) in [6.07, 6.45) is 10.7. The molecule has 0 amide bonds. The van der Waals surface area contributed by atoms with Crippen LogP contribution in [0.1, 0.15) is 38.2 Å². The van der Waals surface area contributed by atoms with E-state index in [4.69, 9.17) is 0 Å². The first-order chi connectivity index (χ1) is 12.2. The third kappa shape index (κ3) is 3.74. The van der Waals surface area contributed by atoms with Crippen molar-refractivity contribution >= 4 is 33.7 Å². The lowest BCUT2D eigenvalue weighted by Gasteiger charge is -2.05. The first-order valence-electron chi connectivity index (χ1n) is 9.07. The number of benzene rings is 2. The Hall–Kier alpha value is -2.61. The molecule has 1 aromatic heterocycles. The van der Waals surface area contributed by atoms with Crippen molar-refractivity contribution in [1.82, 2.24) is 4.57 Å². The third-order valence-electron chi connectivity index (χ3n) is 4.62. The summed E-state index contributed by atoms with van der Waals surface area (Å²) in [6, 6.07) is 14.8. The Morgan fingerprint density at radius 2 is 1.88 bits per heavy atom. The van der Waals surface area contributed by atoms with Crippen molar-refractivity contribution in [1.29, 1.82) is 0 Å². The van der Waals surface area contributed by atoms with Crippen LogP contribution in [-0.2, 0) is 11.3 Å². The lowest BCUT2D eigenvalue weighted by molar-refractivity contribution is -0.115. The second-order valence-electron chi connectivity index (χ2n) is 6.45. The summed E-state index contributed by atoms with van der Waals surface area (Å²) in [6.45, 7) is 6.16. The van der Waals surface area contributed by atoms with Gasteiger partial charge in [-0.2, -0.15) is 0 Å². The van der Waals surface area contributed by atoms with E-state index in [1.807, 2.05) is 12.1 Å². The van der Waals surface area contributed by atoms with Crippen LogP contribution in [0.2, 0.25) is 0 Å². The van der Waals surface area contributed by atoms with Crippen LogP contribution in [0.15, 0.2) is 61.2 Å². The Morgan fingerprint density at radius 3 is 2.68 bits per heavy atom. The van der Waals surface area contributed by atoms with Crippen LogP contribution in [-0.4, -0.2) is 10.4 Å². The number of nitrogens with zero attached hydrogens (tertiary/aromatic N) is 1. The molecular weight excluding hydrogens is 306 g/mol. The summed E-state index contributed by atoms with van der Waals surface area (Å²) in [5, 5.41) is 2.38. The fourth-order valence-corrected chi connectivity index (χ4v) is 3.29. The lowest BCUT2D eigenvalue weighted by Crippen LogP contribution is -2.06. The molecule has 2 aromatic carbocycles. The Balaban J connectivity index is 2.02. The number of allylic oxidation sites excluding steroid dienone is 2. The van der Waals surface area contributed by atoms with Crippen molar-refractivity contribution in [2.75, 3.05) is 0 Å². The standard InChI is InChI=1S/C23H25NO/c1-3-5-6-7-8-11-18-14-15-21-20-12-9-10-13-22(20)24(23(21)16-18)17-19(25)4-2/h4,8-16H,2-3,5-7,17H2,1H3. The summed E-state index contributed by atoms with van der Waals surface area (Å²) in [4.78, 5) is 12.0. The summed E-state index contributed by atoms with van der Waals surface area (Å²) in [5.74, 6) is 0.0307. The van der Waals surface area contributed by atoms with Crippen molar-refractivity contribution in [2.45, 2.75) is 39.2 Å². The van der Waals surface area contributed by atoms with Crippen molar-refractivity contribution in [3.63, 3.8) is 0 Å². The molecule has 3 rings (SSSR count). The van der Waals surface area contributed by atoms with E-state index in [0.29, 0.717) is 6.54 Å². The minimum absolute atomic E-state index is 0.0307. The lowest BCUT2D eigenvalue weighted by atomic mass is 10.1. The normalized spacial score (nSPS) is 11.6. The fourth-order valence-electron chi connectivity index (χ4n) is 3.29. The van der Waals surface area contributed by atoms with E-state index in [9.17, 15) is 4.79 Å². The van der Waals surface area contributed by atoms with Gasteiger partial charge < -0.3 is 4.57 Å². The van der Waals surface area contributed by atoms with Gasteiger partial charge >= 0.3 is 0 Å². The number of carbonyl (C=O) groups is 1. The molecule has 0 spiro atoms. The number of unbranched alkanes of at least 4 members (excludes halogenated alkanes) is 3. The van der Waals surface area contributed by atoms with Gasteiger partial charge in [-0.25, -0.2) is 0 Å². The maximum Gasteiger partial charge on any atom is 0.174 e. The zero-order valence-electron chi connectivity index (χ0n) is 14.9. The molecule has 0 saturated heterocycles. The third-order valence-corrected chi connectivity index (χ3v) is 4.62. The highest BCUT2D eigenvalue weighted by molar-refractivity contribution is 6.09. The van der Waals surface area contributed by atoms with Gasteiger partial charge in [-0.05, 0) is 36.6 Å². The molecule has 0 N–H and O–H groups in total. The second kappa shape index (κ2) is 7.98. The van der Waals surface area contributed by atoms with Gasteiger partial charge in [-0.1, -0.05) is 68.8 Å². The van der Waals surface area contributed by atoms with Crippen LogP contribution in [0, 0.1) is 0 Å². The number of rotatable bonds is 8. The van der Waals surface area contributed by atoms with Gasteiger partial charge in [0.15, 0.2) is 5.78 Å². The molecule has 0 radical (unpaired) electrons. The highest BCUT2D eigenvalue weighted by Crippen LogP contribution is 2.30. The SMILES string of the molecule is C=CC(=O)Cn1c2ccccc2c2ccc(C=CCCCCC)cc21. The summed E-state index contributed by atoms with van der Waals surface area (Å²) < 4.78 is 2.10. The van der Waals surface area contributed by atoms with E-state index in [-0.39, 0.29) is 5.78 Å². The van der Waals surface area contributed by atoms with Crippen LogP contribution >= 0.6 is 0 Å². The summed E-state index contributed by atoms with van der Waals surface area (Å²) in [5.41, 5.74) is 3.38. The minimum Gasteiger partial charge on any atom is -0.333 e. The monoisotopic (exact) mass is 331 g/mol. The smallest absolute Gasteiger partial charge is 0.174 e. The molecule has 3 aromatic rings. The van der Waals surface area contributed by atoms with E-state index in [2.05, 4.69) is 60.6 Å². The molecule has 0 bridgehead atoms. The average Bonchev–Trinajstić information content (AvgIpc) is 2.95. The maximum atomic E-state index is 12.0. The molecule has 0 atom stereocenters. The van der Waals surface area contributed by atoms with Gasteiger partial charge in [0, 0.05) is 16.3 Å². The number of carbonyl (C=O) groups excluding carboxylic acids is 1. The molecular formula is C23H25NO. The molecule has 0 saturated carbocycles. The van der Waals surface area contributed by atoms with Gasteiger partial charge in [0.25, 0.3) is 0 Å². The van der Waals surface area contributed by atoms with E-state index in [1.54, 1.807) is 0 Å². The van der Waals surface area contributed by atoms with Gasteiger partial charge in [-0.3, -0.25) is 4.79 Å². The van der Waals surface area contributed by atoms with Gasteiger partial charge in [-0.15, -0.1) is 0 Å². The number of para-hydroxylation sites is 1. The molecule has 0 aliphatic heterocycles. The second-order valence-corrected chi connectivity index (χ2v) is 6.45. The zero-order chi connectivity index (χ0) is 17.6. The topological polar surface area (TPSA) is 22.0 Å². The molecule has 0 aliphatic carbocycles.